The molecule has 1 N–H and O–H groups in total. The van der Waals surface area contributed by atoms with E-state index < -0.39 is 11.7 Å². The molecule has 2 aromatic carbocycles. The van der Waals surface area contributed by atoms with E-state index in [0.29, 0.717) is 33.9 Å². The number of pyridine rings is 1. The number of hydrogen-bond donors (Lipinski definition) is 1. The minimum absolute atomic E-state index is 0.0301. The van der Waals surface area contributed by atoms with Gasteiger partial charge in [-0.2, -0.15) is 13.2 Å². The molecule has 0 aliphatic carbocycles. The number of alkyl halides is 3. The zero-order valence-electron chi connectivity index (χ0n) is 15.8. The lowest BCUT2D eigenvalue weighted by molar-refractivity contribution is -0.137. The van der Waals surface area contributed by atoms with Crippen molar-refractivity contribution in [3.8, 4) is 11.3 Å². The Kier molecular flexibility index (Phi) is 4.99. The summed E-state index contributed by atoms with van der Waals surface area (Å²) in [4.78, 5) is 17.0. The summed E-state index contributed by atoms with van der Waals surface area (Å²) in [7, 11) is 0. The summed E-state index contributed by atoms with van der Waals surface area (Å²) < 4.78 is 44.1. The molecule has 0 aliphatic rings. The van der Waals surface area contributed by atoms with Crippen LogP contribution in [0.3, 0.4) is 0 Å². The lowest BCUT2D eigenvalue weighted by atomic mass is 10.0. The molecule has 0 radical (unpaired) electrons. The Hall–Kier alpha value is -3.68. The topological polar surface area (TPSA) is 68.0 Å². The van der Waals surface area contributed by atoms with Crippen LogP contribution >= 0.6 is 0 Å². The van der Waals surface area contributed by atoms with Crippen molar-refractivity contribution in [2.24, 2.45) is 0 Å². The third-order valence-corrected chi connectivity index (χ3v) is 4.54. The molecular weight excluding hydrogens is 395 g/mol. The summed E-state index contributed by atoms with van der Waals surface area (Å²) in [5.41, 5.74) is 1.22. The van der Waals surface area contributed by atoms with Crippen molar-refractivity contribution in [2.45, 2.75) is 19.5 Å². The molecule has 8 heteroatoms. The fourth-order valence-electron chi connectivity index (χ4n) is 3.15. The van der Waals surface area contributed by atoms with Gasteiger partial charge >= 0.3 is 6.18 Å². The number of rotatable bonds is 4. The van der Waals surface area contributed by atoms with Gasteiger partial charge in [0.25, 0.3) is 0 Å². The highest BCUT2D eigenvalue weighted by Gasteiger charge is 2.30. The maximum Gasteiger partial charge on any atom is 0.416 e. The summed E-state index contributed by atoms with van der Waals surface area (Å²) >= 11 is 0. The van der Waals surface area contributed by atoms with Gasteiger partial charge < -0.3 is 9.84 Å². The molecule has 30 heavy (non-hydrogen) atoms. The number of amides is 1. The number of benzene rings is 2. The first-order valence-corrected chi connectivity index (χ1v) is 9.09. The lowest BCUT2D eigenvalue weighted by Gasteiger charge is -2.10. The molecule has 4 rings (SSSR count). The number of aryl methyl sites for hydroxylation is 1. The highest BCUT2D eigenvalue weighted by atomic mass is 19.4. The molecule has 1 amide bonds. The van der Waals surface area contributed by atoms with Crippen LogP contribution in [0, 0.1) is 6.92 Å². The number of anilines is 1. The Balaban J connectivity index is 1.66. The smallest absolute Gasteiger partial charge is 0.360 e. The molecule has 0 saturated heterocycles. The molecule has 4 aromatic rings. The number of nitrogens with one attached hydrogen (secondary N) is 1. The first kappa shape index (κ1) is 19.6. The first-order valence-electron chi connectivity index (χ1n) is 9.09. The Morgan fingerprint density at radius 3 is 2.60 bits per heavy atom. The number of hydrogen-bond acceptors (Lipinski definition) is 4. The van der Waals surface area contributed by atoms with Crippen molar-refractivity contribution < 1.29 is 22.5 Å². The van der Waals surface area contributed by atoms with E-state index in [2.05, 4.69) is 15.5 Å². The van der Waals surface area contributed by atoms with E-state index in [1.54, 1.807) is 43.3 Å². The minimum atomic E-state index is -4.43. The van der Waals surface area contributed by atoms with Crippen molar-refractivity contribution in [3.05, 3.63) is 77.6 Å². The first-order chi connectivity index (χ1) is 14.3. The third-order valence-electron chi connectivity index (χ3n) is 4.54. The highest BCUT2D eigenvalue weighted by molar-refractivity contribution is 5.95. The van der Waals surface area contributed by atoms with Gasteiger partial charge in [0.1, 0.15) is 5.76 Å². The molecule has 0 aliphatic heterocycles. The predicted octanol–water partition coefficient (Wildman–Crippen LogP) is 5.40. The Morgan fingerprint density at radius 1 is 1.07 bits per heavy atom. The average Bonchev–Trinajstić information content (AvgIpc) is 3.12. The van der Waals surface area contributed by atoms with Crippen LogP contribution in [0.5, 0.6) is 0 Å². The molecule has 152 valence electrons. The highest BCUT2D eigenvalue weighted by Crippen LogP contribution is 2.32. The molecule has 5 nitrogen and oxygen atoms in total. The van der Waals surface area contributed by atoms with Crippen LogP contribution in [0.25, 0.3) is 22.2 Å². The van der Waals surface area contributed by atoms with Crippen LogP contribution < -0.4 is 5.32 Å². The van der Waals surface area contributed by atoms with E-state index in [9.17, 15) is 18.0 Å². The average molecular weight is 411 g/mol. The summed E-state index contributed by atoms with van der Waals surface area (Å²) in [6.07, 6.45) is -4.40. The van der Waals surface area contributed by atoms with Crippen molar-refractivity contribution in [2.75, 3.05) is 5.32 Å². The second-order valence-corrected chi connectivity index (χ2v) is 6.81. The zero-order valence-corrected chi connectivity index (χ0v) is 15.8. The molecule has 2 aromatic heterocycles. The van der Waals surface area contributed by atoms with E-state index >= 15 is 0 Å². The number of aromatic nitrogens is 2. The second-order valence-electron chi connectivity index (χ2n) is 6.81. The van der Waals surface area contributed by atoms with Crippen molar-refractivity contribution in [1.82, 2.24) is 10.1 Å². The summed E-state index contributed by atoms with van der Waals surface area (Å²) in [6, 6.07) is 15.5. The maximum absolute atomic E-state index is 13.0. The minimum Gasteiger partial charge on any atom is -0.360 e. The monoisotopic (exact) mass is 411 g/mol. The SMILES string of the molecule is Cc1cc(NC(=O)Cc2cccc3ccc(-c4cccc(C(F)(F)F)c4)nc23)no1. The third kappa shape index (κ3) is 4.17. The standard InChI is InChI=1S/C22H16F3N3O2/c1-13-10-19(28-30-13)27-20(29)12-16-6-2-4-14-8-9-18(26-21(14)16)15-5-3-7-17(11-15)22(23,24)25/h2-11H,12H2,1H3,(H,27,28,29). The number of carbonyl (C=O) groups excluding carboxylic acids is 1. The molecule has 0 bridgehead atoms. The van der Waals surface area contributed by atoms with Crippen LogP contribution in [-0.4, -0.2) is 16.0 Å². The lowest BCUT2D eigenvalue weighted by Crippen LogP contribution is -2.15. The van der Waals surface area contributed by atoms with E-state index in [-0.39, 0.29) is 12.3 Å². The fourth-order valence-corrected chi connectivity index (χ4v) is 3.15. The molecule has 0 atom stereocenters. The summed E-state index contributed by atoms with van der Waals surface area (Å²) in [5, 5.41) is 7.16. The number of fused-ring (bicyclic) bond motifs is 1. The zero-order chi connectivity index (χ0) is 21.3. The van der Waals surface area contributed by atoms with Crippen LogP contribution in [0.1, 0.15) is 16.9 Å². The predicted molar refractivity (Wildman–Crippen MR) is 106 cm³/mol. The Bertz CT molecular complexity index is 1230. The number of halogens is 3. The number of para-hydroxylation sites is 1. The summed E-state index contributed by atoms with van der Waals surface area (Å²) in [5.74, 6) is 0.584. The molecule has 0 fully saturated rings. The van der Waals surface area contributed by atoms with Crippen LogP contribution in [-0.2, 0) is 17.4 Å². The van der Waals surface area contributed by atoms with E-state index in [4.69, 9.17) is 4.52 Å². The van der Waals surface area contributed by atoms with Gasteiger partial charge in [0, 0.05) is 17.0 Å². The molecule has 0 spiro atoms. The Morgan fingerprint density at radius 2 is 1.87 bits per heavy atom. The van der Waals surface area contributed by atoms with Crippen molar-refractivity contribution in [1.29, 1.82) is 0 Å². The Labute approximate surface area is 169 Å². The van der Waals surface area contributed by atoms with Crippen LogP contribution in [0.2, 0.25) is 0 Å². The van der Waals surface area contributed by atoms with Crippen molar-refractivity contribution in [3.63, 3.8) is 0 Å². The number of nitrogens with zero attached hydrogens (tertiary/aromatic N) is 2. The van der Waals surface area contributed by atoms with Crippen LogP contribution in [0.4, 0.5) is 19.0 Å². The molecule has 0 saturated carbocycles. The second kappa shape index (κ2) is 7.62. The fraction of sp³-hybridized carbons (Fsp3) is 0.136. The van der Waals surface area contributed by atoms with E-state index in [1.807, 2.05) is 6.07 Å². The van der Waals surface area contributed by atoms with E-state index in [0.717, 1.165) is 17.5 Å². The van der Waals surface area contributed by atoms with Gasteiger partial charge in [-0.1, -0.05) is 41.6 Å². The van der Waals surface area contributed by atoms with Gasteiger partial charge in [0.15, 0.2) is 5.82 Å². The molecule has 2 heterocycles. The van der Waals surface area contributed by atoms with Crippen LogP contribution in [0.15, 0.2) is 65.2 Å². The largest absolute Gasteiger partial charge is 0.416 e. The van der Waals surface area contributed by atoms with Gasteiger partial charge in [-0.25, -0.2) is 4.98 Å². The normalized spacial score (nSPS) is 11.6. The van der Waals surface area contributed by atoms with Gasteiger partial charge in [0.05, 0.1) is 23.2 Å². The van der Waals surface area contributed by atoms with Crippen molar-refractivity contribution >= 4 is 22.6 Å². The molecular formula is C22H16F3N3O2. The van der Waals surface area contributed by atoms with Gasteiger partial charge in [-0.15, -0.1) is 0 Å². The van der Waals surface area contributed by atoms with Gasteiger partial charge in [0.2, 0.25) is 5.91 Å². The number of carbonyl (C=O) groups is 1. The van der Waals surface area contributed by atoms with E-state index in [1.165, 1.54) is 6.07 Å². The molecule has 0 unspecified atom stereocenters. The summed E-state index contributed by atoms with van der Waals surface area (Å²) in [6.45, 7) is 1.71. The quantitative estimate of drug-likeness (QED) is 0.488. The van der Waals surface area contributed by atoms with Gasteiger partial charge in [-0.3, -0.25) is 4.79 Å². The maximum atomic E-state index is 13.0. The van der Waals surface area contributed by atoms with Gasteiger partial charge in [-0.05, 0) is 30.7 Å².